The molecule has 1 aromatic carbocycles. The standard InChI is InChI=1S/C16H21N2O/c1-11-6-8-13(9-7-11)14-10-18(12(2)19)15(17-14)16(3,4)5/h6-10,12,19H,2H2,1,3-5H3. The Labute approximate surface area is 114 Å². The molecule has 1 atom stereocenters. The summed E-state index contributed by atoms with van der Waals surface area (Å²) in [5, 5.41) is 9.78. The third-order valence-corrected chi connectivity index (χ3v) is 3.07. The molecule has 2 rings (SSSR count). The Balaban J connectivity index is 2.52. The van der Waals surface area contributed by atoms with Gasteiger partial charge >= 0.3 is 0 Å². The van der Waals surface area contributed by atoms with Crippen LogP contribution in [0.4, 0.5) is 0 Å². The van der Waals surface area contributed by atoms with Gasteiger partial charge < -0.3 is 9.67 Å². The minimum Gasteiger partial charge on any atom is -0.373 e. The van der Waals surface area contributed by atoms with Gasteiger partial charge in [0.15, 0.2) is 0 Å². The van der Waals surface area contributed by atoms with E-state index in [2.05, 4.69) is 51.7 Å². The fraction of sp³-hybridized carbons (Fsp3) is 0.375. The highest BCUT2D eigenvalue weighted by Gasteiger charge is 2.23. The van der Waals surface area contributed by atoms with Crippen LogP contribution in [0.2, 0.25) is 0 Å². The first-order valence-electron chi connectivity index (χ1n) is 6.46. The van der Waals surface area contributed by atoms with Crippen molar-refractivity contribution in [3.8, 4) is 11.3 Å². The van der Waals surface area contributed by atoms with E-state index in [1.807, 2.05) is 18.3 Å². The minimum atomic E-state index is -0.819. The summed E-state index contributed by atoms with van der Waals surface area (Å²) in [5.74, 6) is 0.838. The minimum absolute atomic E-state index is 0.137. The molecule has 0 saturated heterocycles. The maximum atomic E-state index is 9.78. The first kappa shape index (κ1) is 13.8. The second-order valence-corrected chi connectivity index (χ2v) is 5.95. The zero-order valence-corrected chi connectivity index (χ0v) is 12.0. The molecule has 1 N–H and O–H groups in total. The van der Waals surface area contributed by atoms with Gasteiger partial charge in [-0.1, -0.05) is 50.6 Å². The van der Waals surface area contributed by atoms with Crippen molar-refractivity contribution in [3.05, 3.63) is 48.8 Å². The molecule has 0 aliphatic carbocycles. The molecule has 1 aromatic heterocycles. The molecule has 3 heteroatoms. The summed E-state index contributed by atoms with van der Waals surface area (Å²) in [7, 11) is 0. The van der Waals surface area contributed by atoms with Crippen LogP contribution in [0.1, 0.15) is 38.4 Å². The van der Waals surface area contributed by atoms with Crippen LogP contribution < -0.4 is 0 Å². The Morgan fingerprint density at radius 1 is 1.21 bits per heavy atom. The number of rotatable bonds is 2. The molecule has 2 aromatic rings. The lowest BCUT2D eigenvalue weighted by atomic mass is 9.95. The van der Waals surface area contributed by atoms with Crippen molar-refractivity contribution in [3.63, 3.8) is 0 Å². The maximum Gasteiger partial charge on any atom is 0.132 e. The van der Waals surface area contributed by atoms with Gasteiger partial charge in [0.05, 0.1) is 5.69 Å². The molecule has 101 valence electrons. The van der Waals surface area contributed by atoms with Gasteiger partial charge in [0.2, 0.25) is 0 Å². The molecule has 1 unspecified atom stereocenters. The molecule has 0 spiro atoms. The number of hydrogen-bond acceptors (Lipinski definition) is 2. The van der Waals surface area contributed by atoms with E-state index in [4.69, 9.17) is 0 Å². The predicted molar refractivity (Wildman–Crippen MR) is 77.7 cm³/mol. The summed E-state index contributed by atoms with van der Waals surface area (Å²) in [6, 6.07) is 8.21. The summed E-state index contributed by atoms with van der Waals surface area (Å²) in [6.07, 6.45) is 1.05. The molecule has 0 aliphatic rings. The zero-order valence-electron chi connectivity index (χ0n) is 12.0. The lowest BCUT2D eigenvalue weighted by molar-refractivity contribution is 0.144. The largest absolute Gasteiger partial charge is 0.373 e. The molecular formula is C16H21N2O. The molecule has 1 radical (unpaired) electrons. The topological polar surface area (TPSA) is 38.0 Å². The van der Waals surface area contributed by atoms with Crippen LogP contribution in [0.25, 0.3) is 11.3 Å². The summed E-state index contributed by atoms with van der Waals surface area (Å²) in [4.78, 5) is 4.67. The van der Waals surface area contributed by atoms with Gasteiger partial charge in [-0.05, 0) is 13.8 Å². The normalized spacial score (nSPS) is 13.6. The Morgan fingerprint density at radius 2 is 1.79 bits per heavy atom. The first-order valence-corrected chi connectivity index (χ1v) is 6.46. The van der Waals surface area contributed by atoms with Gasteiger partial charge in [0, 0.05) is 17.2 Å². The van der Waals surface area contributed by atoms with Gasteiger partial charge in [-0.3, -0.25) is 0 Å². The number of hydrogen-bond donors (Lipinski definition) is 1. The molecule has 3 nitrogen and oxygen atoms in total. The van der Waals surface area contributed by atoms with Crippen LogP contribution >= 0.6 is 0 Å². The van der Waals surface area contributed by atoms with Crippen LogP contribution in [-0.2, 0) is 5.41 Å². The van der Waals surface area contributed by atoms with E-state index in [1.165, 1.54) is 5.56 Å². The third-order valence-electron chi connectivity index (χ3n) is 3.07. The van der Waals surface area contributed by atoms with Crippen molar-refractivity contribution >= 4 is 0 Å². The molecule has 0 aliphatic heterocycles. The Bertz CT molecular complexity index is 559. The molecule has 1 heterocycles. The third kappa shape index (κ3) is 2.87. The van der Waals surface area contributed by atoms with Crippen molar-refractivity contribution in [1.82, 2.24) is 9.55 Å². The summed E-state index contributed by atoms with van der Waals surface area (Å²) in [6.45, 7) is 12.0. The highest BCUT2D eigenvalue weighted by Crippen LogP contribution is 2.28. The summed E-state index contributed by atoms with van der Waals surface area (Å²) >= 11 is 0. The number of imidazole rings is 1. The van der Waals surface area contributed by atoms with Crippen LogP contribution in [0, 0.1) is 13.8 Å². The van der Waals surface area contributed by atoms with Crippen molar-refractivity contribution in [2.24, 2.45) is 0 Å². The van der Waals surface area contributed by atoms with Crippen molar-refractivity contribution < 1.29 is 5.11 Å². The van der Waals surface area contributed by atoms with Crippen LogP contribution in [-0.4, -0.2) is 14.7 Å². The second-order valence-electron chi connectivity index (χ2n) is 5.95. The second kappa shape index (κ2) is 4.82. The van der Waals surface area contributed by atoms with Gasteiger partial charge in [0.1, 0.15) is 12.1 Å². The van der Waals surface area contributed by atoms with E-state index in [-0.39, 0.29) is 5.41 Å². The molecular weight excluding hydrogens is 236 g/mol. The highest BCUT2D eigenvalue weighted by atomic mass is 16.3. The van der Waals surface area contributed by atoms with Gasteiger partial charge in [0.25, 0.3) is 0 Å². The maximum absolute atomic E-state index is 9.78. The number of aliphatic hydroxyl groups is 1. The summed E-state index contributed by atoms with van der Waals surface area (Å²) in [5.41, 5.74) is 3.00. The smallest absolute Gasteiger partial charge is 0.132 e. The fourth-order valence-electron chi connectivity index (χ4n) is 2.04. The molecule has 0 fully saturated rings. The molecule has 0 bridgehead atoms. The molecule has 19 heavy (non-hydrogen) atoms. The number of benzene rings is 1. The van der Waals surface area contributed by atoms with E-state index in [9.17, 15) is 5.11 Å². The number of nitrogens with zero attached hydrogens (tertiary/aromatic N) is 2. The first-order chi connectivity index (χ1) is 8.79. The van der Waals surface area contributed by atoms with E-state index in [1.54, 1.807) is 4.57 Å². The van der Waals surface area contributed by atoms with Crippen molar-refractivity contribution in [1.29, 1.82) is 0 Å². The van der Waals surface area contributed by atoms with E-state index in [0.717, 1.165) is 17.1 Å². The molecule has 0 amide bonds. The lowest BCUT2D eigenvalue weighted by Crippen LogP contribution is -2.20. The van der Waals surface area contributed by atoms with Crippen LogP contribution in [0.3, 0.4) is 0 Å². The van der Waals surface area contributed by atoms with E-state index < -0.39 is 6.23 Å². The number of aromatic nitrogens is 2. The van der Waals surface area contributed by atoms with Crippen molar-refractivity contribution in [2.75, 3.05) is 0 Å². The SMILES string of the molecule is [CH2]C(O)n1cc(-c2ccc(C)cc2)nc1C(C)(C)C. The van der Waals surface area contributed by atoms with Crippen LogP contribution in [0.15, 0.2) is 30.5 Å². The molecule has 0 saturated carbocycles. The summed E-state index contributed by atoms with van der Waals surface area (Å²) < 4.78 is 1.73. The zero-order chi connectivity index (χ0) is 14.2. The van der Waals surface area contributed by atoms with E-state index >= 15 is 0 Å². The van der Waals surface area contributed by atoms with Gasteiger partial charge in [-0.2, -0.15) is 0 Å². The highest BCUT2D eigenvalue weighted by molar-refractivity contribution is 5.59. The van der Waals surface area contributed by atoms with Gasteiger partial charge in [-0.15, -0.1) is 0 Å². The number of aliphatic hydroxyl groups excluding tert-OH is 1. The quantitative estimate of drug-likeness (QED) is 0.894. The van der Waals surface area contributed by atoms with E-state index in [0.29, 0.717) is 0 Å². The van der Waals surface area contributed by atoms with Gasteiger partial charge in [-0.25, -0.2) is 4.98 Å². The van der Waals surface area contributed by atoms with Crippen LogP contribution in [0.5, 0.6) is 0 Å². The predicted octanol–water partition coefficient (Wildman–Crippen LogP) is 3.48. The Hall–Kier alpha value is -1.61. The fourth-order valence-corrected chi connectivity index (χ4v) is 2.04. The lowest BCUT2D eigenvalue weighted by Gasteiger charge is -2.20. The van der Waals surface area contributed by atoms with Crippen molar-refractivity contribution in [2.45, 2.75) is 39.3 Å². The Kier molecular flexibility index (Phi) is 3.50. The average Bonchev–Trinajstić information content (AvgIpc) is 2.74. The Morgan fingerprint density at radius 3 is 2.21 bits per heavy atom. The monoisotopic (exact) mass is 257 g/mol. The average molecular weight is 257 g/mol. The number of aryl methyl sites for hydroxylation is 1.